The lowest BCUT2D eigenvalue weighted by Gasteiger charge is -2.34. The highest BCUT2D eigenvalue weighted by Gasteiger charge is 2.27. The molecule has 142 valence electrons. The van der Waals surface area contributed by atoms with Crippen LogP contribution in [0.25, 0.3) is 0 Å². The zero-order valence-corrected chi connectivity index (χ0v) is 15.1. The molecule has 4 rings (SSSR count). The standard InChI is InChI=1S/C19H22N4O4/c1-26-17-3-2-14(9-20-17)27-13-4-6-23(7-5-13)18-12(11-24)8-15-16(22-18)10-21-19(15)25/h2-3,8-9,13,24H,4-7,10-11H2,1H3,(H,21,25). The Balaban J connectivity index is 1.42. The number of pyridine rings is 2. The van der Waals surface area contributed by atoms with Crippen LogP contribution in [0.5, 0.6) is 11.6 Å². The van der Waals surface area contributed by atoms with Gasteiger partial charge in [0.15, 0.2) is 0 Å². The number of hydrogen-bond acceptors (Lipinski definition) is 7. The maximum absolute atomic E-state index is 11.8. The van der Waals surface area contributed by atoms with Crippen LogP contribution in [0.3, 0.4) is 0 Å². The number of aromatic nitrogens is 2. The SMILES string of the molecule is COc1ccc(OC2CCN(c3nc4c(cc3CO)C(=O)NC4)CC2)cn1. The van der Waals surface area contributed by atoms with Crippen LogP contribution < -0.4 is 19.7 Å². The summed E-state index contributed by atoms with van der Waals surface area (Å²) in [4.78, 5) is 22.8. The molecule has 0 aromatic carbocycles. The Morgan fingerprint density at radius 1 is 1.33 bits per heavy atom. The van der Waals surface area contributed by atoms with Crippen molar-refractivity contribution in [3.8, 4) is 11.6 Å². The van der Waals surface area contributed by atoms with E-state index in [0.717, 1.165) is 43.2 Å². The molecule has 27 heavy (non-hydrogen) atoms. The third-order valence-corrected chi connectivity index (χ3v) is 4.95. The molecular weight excluding hydrogens is 348 g/mol. The van der Waals surface area contributed by atoms with Crippen LogP contribution in [-0.4, -0.2) is 47.3 Å². The van der Waals surface area contributed by atoms with Gasteiger partial charge in [0.2, 0.25) is 5.88 Å². The van der Waals surface area contributed by atoms with Gasteiger partial charge in [-0.05, 0) is 12.1 Å². The third-order valence-electron chi connectivity index (χ3n) is 4.95. The first-order valence-electron chi connectivity index (χ1n) is 9.01. The number of piperidine rings is 1. The van der Waals surface area contributed by atoms with Crippen molar-refractivity contribution in [2.24, 2.45) is 0 Å². The van der Waals surface area contributed by atoms with Crippen molar-refractivity contribution in [1.29, 1.82) is 0 Å². The van der Waals surface area contributed by atoms with Crippen LogP contribution in [0.15, 0.2) is 24.4 Å². The number of anilines is 1. The van der Waals surface area contributed by atoms with Gasteiger partial charge in [-0.2, -0.15) is 0 Å². The van der Waals surface area contributed by atoms with Crippen LogP contribution in [0.2, 0.25) is 0 Å². The minimum Gasteiger partial charge on any atom is -0.489 e. The molecule has 8 heteroatoms. The molecule has 2 N–H and O–H groups in total. The number of aliphatic hydroxyl groups is 1. The van der Waals surface area contributed by atoms with E-state index in [-0.39, 0.29) is 18.6 Å². The number of fused-ring (bicyclic) bond motifs is 1. The van der Waals surface area contributed by atoms with E-state index < -0.39 is 0 Å². The van der Waals surface area contributed by atoms with E-state index in [0.29, 0.717) is 23.6 Å². The summed E-state index contributed by atoms with van der Waals surface area (Å²) in [6, 6.07) is 5.39. The van der Waals surface area contributed by atoms with E-state index in [4.69, 9.17) is 9.47 Å². The molecule has 0 atom stereocenters. The first kappa shape index (κ1) is 17.5. The van der Waals surface area contributed by atoms with Crippen molar-refractivity contribution < 1.29 is 19.4 Å². The number of hydrogen-bond donors (Lipinski definition) is 2. The number of carbonyl (C=O) groups excluding carboxylic acids is 1. The lowest BCUT2D eigenvalue weighted by molar-refractivity contribution is 0.0965. The van der Waals surface area contributed by atoms with Crippen LogP contribution in [0, 0.1) is 0 Å². The highest BCUT2D eigenvalue weighted by molar-refractivity contribution is 5.98. The average molecular weight is 370 g/mol. The lowest BCUT2D eigenvalue weighted by atomic mass is 10.1. The number of ether oxygens (including phenoxy) is 2. The van der Waals surface area contributed by atoms with E-state index >= 15 is 0 Å². The summed E-state index contributed by atoms with van der Waals surface area (Å²) in [6.07, 6.45) is 3.45. The quantitative estimate of drug-likeness (QED) is 0.818. The lowest BCUT2D eigenvalue weighted by Crippen LogP contribution is -2.39. The van der Waals surface area contributed by atoms with E-state index in [1.54, 1.807) is 25.4 Å². The Hall–Kier alpha value is -2.87. The monoisotopic (exact) mass is 370 g/mol. The molecule has 2 aromatic heterocycles. The van der Waals surface area contributed by atoms with Gasteiger partial charge >= 0.3 is 0 Å². The van der Waals surface area contributed by atoms with E-state index in [9.17, 15) is 9.90 Å². The van der Waals surface area contributed by atoms with Gasteiger partial charge in [-0.25, -0.2) is 9.97 Å². The van der Waals surface area contributed by atoms with E-state index in [2.05, 4.69) is 20.2 Å². The molecule has 0 aliphatic carbocycles. The third kappa shape index (κ3) is 3.52. The smallest absolute Gasteiger partial charge is 0.253 e. The Bertz CT molecular complexity index is 832. The Morgan fingerprint density at radius 3 is 2.81 bits per heavy atom. The fourth-order valence-electron chi connectivity index (χ4n) is 3.50. The molecule has 2 aliphatic rings. The predicted molar refractivity (Wildman–Crippen MR) is 98.0 cm³/mol. The van der Waals surface area contributed by atoms with Crippen molar-refractivity contribution in [3.63, 3.8) is 0 Å². The van der Waals surface area contributed by atoms with Gasteiger partial charge in [-0.15, -0.1) is 0 Å². The van der Waals surface area contributed by atoms with Crippen molar-refractivity contribution in [2.75, 3.05) is 25.1 Å². The molecule has 4 heterocycles. The predicted octanol–water partition coefficient (Wildman–Crippen LogP) is 1.27. The summed E-state index contributed by atoms with van der Waals surface area (Å²) in [6.45, 7) is 1.84. The fourth-order valence-corrected chi connectivity index (χ4v) is 3.50. The largest absolute Gasteiger partial charge is 0.489 e. The Morgan fingerprint density at radius 2 is 2.15 bits per heavy atom. The zero-order valence-electron chi connectivity index (χ0n) is 15.1. The summed E-state index contributed by atoms with van der Waals surface area (Å²) in [5, 5.41) is 12.5. The van der Waals surface area contributed by atoms with Gasteiger partial charge in [0.1, 0.15) is 17.7 Å². The van der Waals surface area contributed by atoms with Crippen LogP contribution in [0.1, 0.15) is 34.5 Å². The second-order valence-corrected chi connectivity index (χ2v) is 6.65. The summed E-state index contributed by atoms with van der Waals surface area (Å²) in [7, 11) is 1.58. The summed E-state index contributed by atoms with van der Waals surface area (Å²) < 4.78 is 11.1. The molecular formula is C19H22N4O4. The molecule has 1 amide bonds. The van der Waals surface area contributed by atoms with Crippen LogP contribution in [0.4, 0.5) is 5.82 Å². The summed E-state index contributed by atoms with van der Waals surface area (Å²) in [5.41, 5.74) is 1.99. The molecule has 0 unspecified atom stereocenters. The molecule has 1 saturated heterocycles. The van der Waals surface area contributed by atoms with Crippen LogP contribution >= 0.6 is 0 Å². The van der Waals surface area contributed by atoms with Crippen molar-refractivity contribution in [1.82, 2.24) is 15.3 Å². The number of methoxy groups -OCH3 is 1. The van der Waals surface area contributed by atoms with Crippen molar-refractivity contribution in [2.45, 2.75) is 32.1 Å². The Kier molecular flexibility index (Phi) is 4.81. The van der Waals surface area contributed by atoms with Gasteiger partial charge in [0.05, 0.1) is 37.7 Å². The first-order valence-corrected chi connectivity index (χ1v) is 9.01. The average Bonchev–Trinajstić information content (AvgIpc) is 3.08. The molecule has 8 nitrogen and oxygen atoms in total. The van der Waals surface area contributed by atoms with E-state index in [1.807, 2.05) is 6.07 Å². The maximum atomic E-state index is 11.8. The van der Waals surface area contributed by atoms with E-state index in [1.165, 1.54) is 0 Å². The Labute approximate surface area is 157 Å². The van der Waals surface area contributed by atoms with Gasteiger partial charge in [0.25, 0.3) is 5.91 Å². The first-order chi connectivity index (χ1) is 13.2. The second kappa shape index (κ2) is 7.40. The van der Waals surface area contributed by atoms with Crippen molar-refractivity contribution in [3.05, 3.63) is 41.2 Å². The molecule has 2 aromatic rings. The highest BCUT2D eigenvalue weighted by Crippen LogP contribution is 2.28. The normalized spacial score (nSPS) is 16.8. The topological polar surface area (TPSA) is 96.8 Å². The molecule has 0 saturated carbocycles. The number of aliphatic hydroxyl groups excluding tert-OH is 1. The minimum absolute atomic E-state index is 0.103. The number of nitrogens with zero attached hydrogens (tertiary/aromatic N) is 3. The maximum Gasteiger partial charge on any atom is 0.253 e. The number of rotatable bonds is 5. The summed E-state index contributed by atoms with van der Waals surface area (Å²) in [5.74, 6) is 1.92. The highest BCUT2D eigenvalue weighted by atomic mass is 16.5. The number of nitrogens with one attached hydrogen (secondary N) is 1. The van der Waals surface area contributed by atoms with Crippen molar-refractivity contribution >= 4 is 11.7 Å². The second-order valence-electron chi connectivity index (χ2n) is 6.65. The molecule has 2 aliphatic heterocycles. The zero-order chi connectivity index (χ0) is 18.8. The van der Waals surface area contributed by atoms with Crippen LogP contribution in [-0.2, 0) is 13.2 Å². The molecule has 0 radical (unpaired) electrons. The molecule has 0 spiro atoms. The summed E-state index contributed by atoms with van der Waals surface area (Å²) >= 11 is 0. The molecule has 0 bridgehead atoms. The van der Waals surface area contributed by atoms with Gasteiger partial charge in [-0.1, -0.05) is 0 Å². The molecule has 1 fully saturated rings. The van der Waals surface area contributed by atoms with Gasteiger partial charge in [0, 0.05) is 37.6 Å². The number of carbonyl (C=O) groups is 1. The minimum atomic E-state index is -0.142. The fraction of sp³-hybridized carbons (Fsp3) is 0.421. The number of amides is 1. The van der Waals surface area contributed by atoms with Gasteiger partial charge in [-0.3, -0.25) is 4.79 Å². The van der Waals surface area contributed by atoms with Gasteiger partial charge < -0.3 is 24.8 Å².